The molecule has 1 aromatic carbocycles. The Bertz CT molecular complexity index is 550. The van der Waals surface area contributed by atoms with Crippen LogP contribution in [0.25, 0.3) is 0 Å². The molecule has 140 valence electrons. The zero-order valence-electron chi connectivity index (χ0n) is 16.2. The highest BCUT2D eigenvalue weighted by Gasteiger charge is 2.33. The van der Waals surface area contributed by atoms with Gasteiger partial charge in [-0.25, -0.2) is 4.79 Å². The number of para-hydroxylation sites is 1. The molecule has 5 heteroatoms. The van der Waals surface area contributed by atoms with Crippen molar-refractivity contribution in [1.82, 2.24) is 9.80 Å². The van der Waals surface area contributed by atoms with Gasteiger partial charge in [0.1, 0.15) is 12.4 Å². The maximum atomic E-state index is 12.2. The molecule has 0 bridgehead atoms. The van der Waals surface area contributed by atoms with Gasteiger partial charge in [0.2, 0.25) is 0 Å². The van der Waals surface area contributed by atoms with Gasteiger partial charge in [-0.2, -0.15) is 0 Å². The fraction of sp³-hybridized carbons (Fsp3) is 0.650. The Kier molecular flexibility index (Phi) is 7.12. The molecule has 1 atom stereocenters. The molecule has 0 aromatic heterocycles. The highest BCUT2D eigenvalue weighted by molar-refractivity contribution is 5.69. The average Bonchev–Trinajstić information content (AvgIpc) is 2.85. The van der Waals surface area contributed by atoms with Gasteiger partial charge in [0.15, 0.2) is 6.10 Å². The first-order chi connectivity index (χ1) is 11.8. The van der Waals surface area contributed by atoms with Gasteiger partial charge in [-0.05, 0) is 30.4 Å². The van der Waals surface area contributed by atoms with Crippen molar-refractivity contribution in [2.24, 2.45) is 11.8 Å². The Balaban J connectivity index is 1.87. The van der Waals surface area contributed by atoms with Crippen LogP contribution in [0.4, 0.5) is 4.79 Å². The topological polar surface area (TPSA) is 42.0 Å². The molecule has 1 amide bonds. The Labute approximate surface area is 151 Å². The highest BCUT2D eigenvalue weighted by atomic mass is 16.6. The zero-order valence-corrected chi connectivity index (χ0v) is 16.2. The van der Waals surface area contributed by atoms with E-state index in [-0.39, 0.29) is 12.2 Å². The first kappa shape index (κ1) is 19.6. The second kappa shape index (κ2) is 9.09. The molecule has 1 aromatic rings. The first-order valence-electron chi connectivity index (χ1n) is 9.21. The van der Waals surface area contributed by atoms with Crippen LogP contribution in [0, 0.1) is 18.8 Å². The van der Waals surface area contributed by atoms with Gasteiger partial charge in [0.05, 0.1) is 13.2 Å². The van der Waals surface area contributed by atoms with E-state index in [0.717, 1.165) is 24.4 Å². The lowest BCUT2D eigenvalue weighted by Gasteiger charge is -2.29. The number of benzene rings is 1. The molecule has 0 saturated carbocycles. The minimum absolute atomic E-state index is 0.216. The molecule has 0 unspecified atom stereocenters. The Hall–Kier alpha value is -1.75. The lowest BCUT2D eigenvalue weighted by atomic mass is 10.1. The van der Waals surface area contributed by atoms with E-state index in [1.807, 2.05) is 31.2 Å². The van der Waals surface area contributed by atoms with Crippen molar-refractivity contribution in [2.75, 3.05) is 32.9 Å². The van der Waals surface area contributed by atoms with Crippen LogP contribution in [0.1, 0.15) is 33.3 Å². The van der Waals surface area contributed by atoms with Crippen LogP contribution in [0.5, 0.6) is 5.75 Å². The summed E-state index contributed by atoms with van der Waals surface area (Å²) in [4.78, 5) is 16.3. The number of hydrogen-bond donors (Lipinski definition) is 0. The van der Waals surface area contributed by atoms with E-state index in [0.29, 0.717) is 31.7 Å². The summed E-state index contributed by atoms with van der Waals surface area (Å²) >= 11 is 0. The van der Waals surface area contributed by atoms with Crippen LogP contribution in [0.3, 0.4) is 0 Å². The van der Waals surface area contributed by atoms with Crippen molar-refractivity contribution in [3.8, 4) is 5.75 Å². The van der Waals surface area contributed by atoms with Crippen LogP contribution >= 0.6 is 0 Å². The maximum Gasteiger partial charge on any atom is 0.411 e. The van der Waals surface area contributed by atoms with Crippen molar-refractivity contribution in [3.05, 3.63) is 29.8 Å². The molecular formula is C20H32N2O3. The first-order valence-corrected chi connectivity index (χ1v) is 9.21. The molecular weight excluding hydrogens is 316 g/mol. The zero-order chi connectivity index (χ0) is 18.4. The quantitative estimate of drug-likeness (QED) is 0.681. The normalized spacial score (nSPS) is 17.7. The van der Waals surface area contributed by atoms with E-state index in [2.05, 4.69) is 32.6 Å². The molecule has 1 aliphatic heterocycles. The van der Waals surface area contributed by atoms with Gasteiger partial charge in [-0.3, -0.25) is 9.80 Å². The number of carbonyl (C=O) groups excluding carboxylic acids is 1. The summed E-state index contributed by atoms with van der Waals surface area (Å²) in [6.45, 7) is 14.4. The number of nitrogens with zero attached hydrogens (tertiary/aromatic N) is 2. The molecule has 25 heavy (non-hydrogen) atoms. The molecule has 5 nitrogen and oxygen atoms in total. The van der Waals surface area contributed by atoms with Crippen molar-refractivity contribution in [1.29, 1.82) is 0 Å². The number of amides is 1. The van der Waals surface area contributed by atoms with E-state index in [9.17, 15) is 4.79 Å². The van der Waals surface area contributed by atoms with E-state index < -0.39 is 0 Å². The number of aryl methyl sites for hydroxylation is 1. The van der Waals surface area contributed by atoms with Gasteiger partial charge in [0, 0.05) is 13.1 Å². The third-order valence-electron chi connectivity index (χ3n) is 4.09. The third-order valence-corrected chi connectivity index (χ3v) is 4.09. The second-order valence-corrected chi connectivity index (χ2v) is 7.77. The minimum atomic E-state index is -0.240. The Morgan fingerprint density at radius 2 is 1.84 bits per heavy atom. The lowest BCUT2D eigenvalue weighted by molar-refractivity contribution is 0.0975. The molecule has 1 saturated heterocycles. The summed E-state index contributed by atoms with van der Waals surface area (Å²) in [5.74, 6) is 1.98. The standard InChI is InChI=1S/C20H32N2O3/c1-15(2)10-21(11-16(3)4)14-22-12-18(25-20(22)23)13-24-19-9-7-6-8-17(19)5/h6-9,15-16,18H,10-14H2,1-5H3/t18-/m0/s1. The van der Waals surface area contributed by atoms with E-state index >= 15 is 0 Å². The summed E-state index contributed by atoms with van der Waals surface area (Å²) in [5, 5.41) is 0. The largest absolute Gasteiger partial charge is 0.489 e. The van der Waals surface area contributed by atoms with Gasteiger partial charge in [-0.1, -0.05) is 45.9 Å². The third kappa shape index (κ3) is 6.24. The van der Waals surface area contributed by atoms with Crippen molar-refractivity contribution in [2.45, 2.75) is 40.7 Å². The van der Waals surface area contributed by atoms with Gasteiger partial charge < -0.3 is 9.47 Å². The van der Waals surface area contributed by atoms with Crippen molar-refractivity contribution < 1.29 is 14.3 Å². The van der Waals surface area contributed by atoms with Crippen LogP contribution in [0.2, 0.25) is 0 Å². The second-order valence-electron chi connectivity index (χ2n) is 7.77. The number of rotatable bonds is 9. The SMILES string of the molecule is Cc1ccccc1OC[C@@H]1CN(CN(CC(C)C)CC(C)C)C(=O)O1. The average molecular weight is 348 g/mol. The van der Waals surface area contributed by atoms with E-state index in [1.165, 1.54) is 0 Å². The molecule has 0 aliphatic carbocycles. The fourth-order valence-electron chi connectivity index (χ4n) is 3.14. The smallest absolute Gasteiger partial charge is 0.411 e. The molecule has 1 aliphatic rings. The number of ether oxygens (including phenoxy) is 2. The lowest BCUT2D eigenvalue weighted by Crippen LogP contribution is -2.42. The fourth-order valence-corrected chi connectivity index (χ4v) is 3.14. The van der Waals surface area contributed by atoms with Crippen molar-refractivity contribution in [3.63, 3.8) is 0 Å². The summed E-state index contributed by atoms with van der Waals surface area (Å²) in [6.07, 6.45) is -0.456. The molecule has 0 N–H and O–H groups in total. The Morgan fingerprint density at radius 3 is 2.44 bits per heavy atom. The summed E-state index contributed by atoms with van der Waals surface area (Å²) in [5.41, 5.74) is 1.09. The summed E-state index contributed by atoms with van der Waals surface area (Å²) in [6, 6.07) is 7.89. The molecule has 0 spiro atoms. The molecule has 1 fully saturated rings. The summed E-state index contributed by atoms with van der Waals surface area (Å²) < 4.78 is 11.3. The van der Waals surface area contributed by atoms with Crippen LogP contribution in [-0.4, -0.2) is 54.9 Å². The maximum absolute atomic E-state index is 12.2. The van der Waals surface area contributed by atoms with Crippen LogP contribution in [-0.2, 0) is 4.74 Å². The molecule has 1 heterocycles. The van der Waals surface area contributed by atoms with Crippen LogP contribution < -0.4 is 4.74 Å². The number of cyclic esters (lactones) is 1. The highest BCUT2D eigenvalue weighted by Crippen LogP contribution is 2.19. The predicted octanol–water partition coefficient (Wildman–Crippen LogP) is 3.77. The Morgan fingerprint density at radius 1 is 1.20 bits per heavy atom. The number of carbonyl (C=O) groups is 1. The number of hydrogen-bond acceptors (Lipinski definition) is 4. The molecule has 0 radical (unpaired) electrons. The monoisotopic (exact) mass is 348 g/mol. The van der Waals surface area contributed by atoms with Gasteiger partial charge >= 0.3 is 6.09 Å². The predicted molar refractivity (Wildman–Crippen MR) is 99.8 cm³/mol. The summed E-state index contributed by atoms with van der Waals surface area (Å²) in [7, 11) is 0. The van der Waals surface area contributed by atoms with E-state index in [4.69, 9.17) is 9.47 Å². The van der Waals surface area contributed by atoms with E-state index in [1.54, 1.807) is 4.90 Å². The van der Waals surface area contributed by atoms with Crippen molar-refractivity contribution >= 4 is 6.09 Å². The molecule has 2 rings (SSSR count). The van der Waals surface area contributed by atoms with Crippen LogP contribution in [0.15, 0.2) is 24.3 Å². The minimum Gasteiger partial charge on any atom is -0.489 e. The van der Waals surface area contributed by atoms with Gasteiger partial charge in [0.25, 0.3) is 0 Å². The van der Waals surface area contributed by atoms with Gasteiger partial charge in [-0.15, -0.1) is 0 Å².